The number of amides is 1. The third-order valence-electron chi connectivity index (χ3n) is 2.94. The molecule has 0 unspecified atom stereocenters. The van der Waals surface area contributed by atoms with Crippen LogP contribution in [0.25, 0.3) is 0 Å². The first-order valence-corrected chi connectivity index (χ1v) is 6.68. The average molecular weight is 265 g/mol. The lowest BCUT2D eigenvalue weighted by Gasteiger charge is -2.10. The van der Waals surface area contributed by atoms with Crippen LogP contribution in [0.15, 0.2) is 18.2 Å². The molecule has 0 radical (unpaired) electrons. The molecule has 0 aliphatic carbocycles. The average Bonchev–Trinajstić information content (AvgIpc) is 2.43. The van der Waals surface area contributed by atoms with E-state index in [1.54, 1.807) is 14.2 Å². The van der Waals surface area contributed by atoms with Crippen molar-refractivity contribution in [1.29, 1.82) is 0 Å². The predicted molar refractivity (Wildman–Crippen MR) is 75.8 cm³/mol. The first-order valence-electron chi connectivity index (χ1n) is 6.68. The van der Waals surface area contributed by atoms with E-state index in [4.69, 9.17) is 9.47 Å². The highest BCUT2D eigenvalue weighted by atomic mass is 16.5. The normalized spacial score (nSPS) is 10.1. The summed E-state index contributed by atoms with van der Waals surface area (Å²) in [6, 6.07) is 5.48. The van der Waals surface area contributed by atoms with Crippen LogP contribution in [0.3, 0.4) is 0 Å². The van der Waals surface area contributed by atoms with Gasteiger partial charge in [0.1, 0.15) is 11.5 Å². The molecule has 1 rings (SSSR count). The molecule has 0 aromatic heterocycles. The summed E-state index contributed by atoms with van der Waals surface area (Å²) in [6.45, 7) is 2.88. The molecule has 4 nitrogen and oxygen atoms in total. The zero-order valence-electron chi connectivity index (χ0n) is 12.0. The maximum atomic E-state index is 11.8. The van der Waals surface area contributed by atoms with Gasteiger partial charge < -0.3 is 14.8 Å². The third kappa shape index (κ3) is 5.20. The number of rotatable bonds is 8. The van der Waals surface area contributed by atoms with Gasteiger partial charge in [0.25, 0.3) is 0 Å². The van der Waals surface area contributed by atoms with Gasteiger partial charge in [-0.1, -0.05) is 19.8 Å². The van der Waals surface area contributed by atoms with Gasteiger partial charge in [0.15, 0.2) is 0 Å². The van der Waals surface area contributed by atoms with Gasteiger partial charge >= 0.3 is 0 Å². The van der Waals surface area contributed by atoms with Gasteiger partial charge in [-0.05, 0) is 24.6 Å². The van der Waals surface area contributed by atoms with Gasteiger partial charge in [-0.25, -0.2) is 0 Å². The highest BCUT2D eigenvalue weighted by molar-refractivity contribution is 5.79. The monoisotopic (exact) mass is 265 g/mol. The molecule has 0 aliphatic heterocycles. The molecule has 0 heterocycles. The molecule has 0 aliphatic rings. The van der Waals surface area contributed by atoms with Crippen LogP contribution in [-0.4, -0.2) is 26.7 Å². The van der Waals surface area contributed by atoms with Crippen LogP contribution in [0.2, 0.25) is 0 Å². The van der Waals surface area contributed by atoms with Crippen molar-refractivity contribution in [2.45, 2.75) is 32.6 Å². The van der Waals surface area contributed by atoms with Crippen LogP contribution in [0.4, 0.5) is 0 Å². The van der Waals surface area contributed by atoms with E-state index in [-0.39, 0.29) is 5.91 Å². The van der Waals surface area contributed by atoms with E-state index in [9.17, 15) is 4.79 Å². The number of hydrogen-bond acceptors (Lipinski definition) is 3. The molecule has 1 aromatic carbocycles. The van der Waals surface area contributed by atoms with Crippen molar-refractivity contribution in [3.05, 3.63) is 23.8 Å². The second kappa shape index (κ2) is 8.40. The molecular weight excluding hydrogens is 242 g/mol. The Morgan fingerprint density at radius 3 is 2.63 bits per heavy atom. The van der Waals surface area contributed by atoms with Crippen LogP contribution < -0.4 is 14.8 Å². The third-order valence-corrected chi connectivity index (χ3v) is 2.94. The van der Waals surface area contributed by atoms with Gasteiger partial charge in [0, 0.05) is 12.1 Å². The summed E-state index contributed by atoms with van der Waals surface area (Å²) in [6.07, 6.45) is 3.63. The van der Waals surface area contributed by atoms with E-state index in [0.717, 1.165) is 37.1 Å². The van der Waals surface area contributed by atoms with Crippen molar-refractivity contribution in [1.82, 2.24) is 5.32 Å². The lowest BCUT2D eigenvalue weighted by atomic mass is 10.1. The smallest absolute Gasteiger partial charge is 0.224 e. The number of ether oxygens (including phenoxy) is 2. The molecule has 0 bridgehead atoms. The minimum absolute atomic E-state index is 0.0163. The lowest BCUT2D eigenvalue weighted by Crippen LogP contribution is -2.26. The fourth-order valence-electron chi connectivity index (χ4n) is 1.86. The molecule has 0 saturated heterocycles. The summed E-state index contributed by atoms with van der Waals surface area (Å²) < 4.78 is 10.4. The van der Waals surface area contributed by atoms with Crippen LogP contribution in [-0.2, 0) is 11.2 Å². The van der Waals surface area contributed by atoms with Crippen molar-refractivity contribution in [3.8, 4) is 11.5 Å². The molecule has 1 aromatic rings. The van der Waals surface area contributed by atoms with Gasteiger partial charge in [0.2, 0.25) is 5.91 Å². The number of hydrogen-bond donors (Lipinski definition) is 1. The fourth-order valence-corrected chi connectivity index (χ4v) is 1.86. The first-order chi connectivity index (χ1) is 9.21. The Kier molecular flexibility index (Phi) is 6.79. The number of methoxy groups -OCH3 is 2. The SMILES string of the molecule is CCCCCNC(=O)Cc1cc(OC)ccc1OC. The van der Waals surface area contributed by atoms with Crippen LogP contribution in [0.1, 0.15) is 31.7 Å². The minimum Gasteiger partial charge on any atom is -0.497 e. The Labute approximate surface area is 115 Å². The quantitative estimate of drug-likeness (QED) is 0.735. The number of carbonyl (C=O) groups excluding carboxylic acids is 1. The Morgan fingerprint density at radius 1 is 1.21 bits per heavy atom. The maximum absolute atomic E-state index is 11.8. The van der Waals surface area contributed by atoms with Crippen molar-refractivity contribution in [2.75, 3.05) is 20.8 Å². The van der Waals surface area contributed by atoms with Crippen molar-refractivity contribution in [2.24, 2.45) is 0 Å². The highest BCUT2D eigenvalue weighted by Gasteiger charge is 2.09. The molecule has 0 spiro atoms. The lowest BCUT2D eigenvalue weighted by molar-refractivity contribution is -0.120. The van der Waals surface area contributed by atoms with E-state index in [2.05, 4.69) is 12.2 Å². The van der Waals surface area contributed by atoms with Gasteiger partial charge in [-0.15, -0.1) is 0 Å². The van der Waals surface area contributed by atoms with E-state index in [1.165, 1.54) is 0 Å². The predicted octanol–water partition coefficient (Wildman–Crippen LogP) is 2.55. The van der Waals surface area contributed by atoms with Crippen molar-refractivity contribution in [3.63, 3.8) is 0 Å². The molecule has 19 heavy (non-hydrogen) atoms. The Hall–Kier alpha value is -1.71. The second-order valence-corrected chi connectivity index (χ2v) is 4.41. The molecule has 0 saturated carbocycles. The van der Waals surface area contributed by atoms with Gasteiger partial charge in [-0.3, -0.25) is 4.79 Å². The van der Waals surface area contributed by atoms with Crippen LogP contribution in [0, 0.1) is 0 Å². The summed E-state index contributed by atoms with van der Waals surface area (Å²) in [5.74, 6) is 1.46. The molecule has 4 heteroatoms. The van der Waals surface area contributed by atoms with Crippen molar-refractivity contribution < 1.29 is 14.3 Å². The Morgan fingerprint density at radius 2 is 2.00 bits per heavy atom. The topological polar surface area (TPSA) is 47.6 Å². The van der Waals surface area contributed by atoms with E-state index in [1.807, 2.05) is 18.2 Å². The Bertz CT molecular complexity index is 404. The highest BCUT2D eigenvalue weighted by Crippen LogP contribution is 2.24. The van der Waals surface area contributed by atoms with Crippen molar-refractivity contribution >= 4 is 5.91 Å². The fraction of sp³-hybridized carbons (Fsp3) is 0.533. The minimum atomic E-state index is 0.0163. The van der Waals surface area contributed by atoms with E-state index in [0.29, 0.717) is 12.2 Å². The van der Waals surface area contributed by atoms with Gasteiger partial charge in [-0.2, -0.15) is 0 Å². The first kappa shape index (κ1) is 15.3. The molecular formula is C15H23NO3. The number of benzene rings is 1. The second-order valence-electron chi connectivity index (χ2n) is 4.41. The summed E-state index contributed by atoms with van der Waals surface area (Å²) >= 11 is 0. The summed E-state index contributed by atoms with van der Waals surface area (Å²) in [5.41, 5.74) is 0.842. The molecule has 1 amide bonds. The standard InChI is InChI=1S/C15H23NO3/c1-4-5-6-9-16-15(17)11-12-10-13(18-2)7-8-14(12)19-3/h7-8,10H,4-6,9,11H2,1-3H3,(H,16,17). The molecule has 1 N–H and O–H groups in total. The molecule has 106 valence electrons. The van der Waals surface area contributed by atoms with Gasteiger partial charge in [0.05, 0.1) is 20.6 Å². The molecule has 0 fully saturated rings. The van der Waals surface area contributed by atoms with Crippen LogP contribution in [0.5, 0.6) is 11.5 Å². The Balaban J connectivity index is 2.56. The zero-order valence-corrected chi connectivity index (χ0v) is 12.0. The summed E-state index contributed by atoms with van der Waals surface area (Å²) in [5, 5.41) is 2.92. The van der Waals surface area contributed by atoms with Crippen LogP contribution >= 0.6 is 0 Å². The zero-order chi connectivity index (χ0) is 14.1. The van der Waals surface area contributed by atoms with E-state index >= 15 is 0 Å². The summed E-state index contributed by atoms with van der Waals surface area (Å²) in [7, 11) is 3.21. The number of carbonyl (C=O) groups is 1. The number of nitrogens with one attached hydrogen (secondary N) is 1. The van der Waals surface area contributed by atoms with E-state index < -0.39 is 0 Å². The number of unbranched alkanes of at least 4 members (excludes halogenated alkanes) is 2. The molecule has 0 atom stereocenters. The summed E-state index contributed by atoms with van der Waals surface area (Å²) in [4.78, 5) is 11.8. The largest absolute Gasteiger partial charge is 0.497 e. The maximum Gasteiger partial charge on any atom is 0.224 e.